The maximum atomic E-state index is 11.5. The molecule has 160 valence electrons. The molecule has 3 unspecified atom stereocenters. The number of amides is 1. The number of alkyl carbamates (subject to hydrolysis) is 1. The number of benzene rings is 2. The number of hydrogen-bond acceptors (Lipinski definition) is 4. The Bertz CT molecular complexity index is 881. The Kier molecular flexibility index (Phi) is 6.46. The second-order valence-electron chi connectivity index (χ2n) is 8.47. The Labute approximate surface area is 178 Å². The number of hydrogen-bond donors (Lipinski definition) is 1. The van der Waals surface area contributed by atoms with Gasteiger partial charge in [-0.3, -0.25) is 0 Å². The van der Waals surface area contributed by atoms with Crippen LogP contribution < -0.4 is 14.8 Å². The van der Waals surface area contributed by atoms with Crippen LogP contribution in [0.25, 0.3) is 0 Å². The minimum Gasteiger partial charge on any atom is -0.497 e. The molecule has 0 saturated heterocycles. The van der Waals surface area contributed by atoms with Crippen LogP contribution in [0.3, 0.4) is 0 Å². The van der Waals surface area contributed by atoms with E-state index in [1.54, 1.807) is 7.11 Å². The second-order valence-corrected chi connectivity index (χ2v) is 8.47. The summed E-state index contributed by atoms with van der Waals surface area (Å²) in [6.07, 6.45) is 6.11. The highest BCUT2D eigenvalue weighted by Gasteiger charge is 2.28. The van der Waals surface area contributed by atoms with E-state index in [0.29, 0.717) is 11.8 Å². The summed E-state index contributed by atoms with van der Waals surface area (Å²) >= 11 is 0. The quantitative estimate of drug-likeness (QED) is 0.739. The first-order chi connectivity index (χ1) is 14.6. The van der Waals surface area contributed by atoms with Crippen LogP contribution in [0, 0.1) is 5.92 Å². The molecule has 1 amide bonds. The highest BCUT2D eigenvalue weighted by atomic mass is 16.5. The van der Waals surface area contributed by atoms with Crippen molar-refractivity contribution in [2.24, 2.45) is 5.92 Å². The summed E-state index contributed by atoms with van der Waals surface area (Å²) in [5, 5.41) is 2.95. The van der Waals surface area contributed by atoms with E-state index in [1.807, 2.05) is 24.3 Å². The molecule has 1 N–H and O–H groups in total. The molecule has 1 fully saturated rings. The minimum atomic E-state index is -0.326. The summed E-state index contributed by atoms with van der Waals surface area (Å²) in [7, 11) is 3.09. The van der Waals surface area contributed by atoms with Gasteiger partial charge in [0.25, 0.3) is 0 Å². The molecule has 0 bridgehead atoms. The van der Waals surface area contributed by atoms with Crippen molar-refractivity contribution < 1.29 is 19.0 Å². The highest BCUT2D eigenvalue weighted by molar-refractivity contribution is 5.67. The van der Waals surface area contributed by atoms with Crippen LogP contribution in [0.4, 0.5) is 4.79 Å². The van der Waals surface area contributed by atoms with Gasteiger partial charge >= 0.3 is 6.09 Å². The van der Waals surface area contributed by atoms with Crippen LogP contribution >= 0.6 is 0 Å². The fourth-order valence-electron chi connectivity index (χ4n) is 4.79. The Hall–Kier alpha value is -2.69. The van der Waals surface area contributed by atoms with Crippen LogP contribution in [-0.2, 0) is 17.6 Å². The standard InChI is InChI=1S/C25H31NO4/c1-28-23-4-3-5-24(15-23)30-16-17-6-7-19-13-20(9-8-18(19)12-17)21-10-11-22(14-21)26-25(27)29-2/h3-5,8-9,13,15,17,21-22H,6-7,10-12,14,16H2,1-2H3,(H,26,27). The van der Waals surface area contributed by atoms with Crippen molar-refractivity contribution in [1.82, 2.24) is 5.32 Å². The molecule has 2 aliphatic rings. The smallest absolute Gasteiger partial charge is 0.407 e. The number of fused-ring (bicyclic) bond motifs is 1. The molecule has 30 heavy (non-hydrogen) atoms. The van der Waals surface area contributed by atoms with E-state index in [-0.39, 0.29) is 12.1 Å². The predicted molar refractivity (Wildman–Crippen MR) is 116 cm³/mol. The monoisotopic (exact) mass is 409 g/mol. The molecular formula is C25H31NO4. The number of ether oxygens (including phenoxy) is 3. The third-order valence-corrected chi connectivity index (χ3v) is 6.50. The van der Waals surface area contributed by atoms with E-state index in [4.69, 9.17) is 14.2 Å². The van der Waals surface area contributed by atoms with E-state index in [1.165, 1.54) is 23.8 Å². The van der Waals surface area contributed by atoms with Crippen molar-refractivity contribution in [3.63, 3.8) is 0 Å². The zero-order valence-electron chi connectivity index (χ0n) is 17.9. The first-order valence-electron chi connectivity index (χ1n) is 10.9. The molecule has 0 spiro atoms. The van der Waals surface area contributed by atoms with Crippen LogP contribution in [0.15, 0.2) is 42.5 Å². The van der Waals surface area contributed by atoms with E-state index in [9.17, 15) is 4.79 Å². The molecule has 0 radical (unpaired) electrons. The molecule has 0 heterocycles. The SMILES string of the molecule is COC(=O)NC1CCC(c2ccc3c(c2)CCC(COc2cccc(OC)c2)C3)C1. The van der Waals surface area contributed by atoms with Crippen LogP contribution in [-0.4, -0.2) is 33.0 Å². The lowest BCUT2D eigenvalue weighted by molar-refractivity contribution is 0.166. The minimum absolute atomic E-state index is 0.219. The maximum absolute atomic E-state index is 11.5. The molecule has 5 heteroatoms. The molecule has 0 aliphatic heterocycles. The van der Waals surface area contributed by atoms with Gasteiger partial charge in [-0.25, -0.2) is 4.79 Å². The highest BCUT2D eigenvalue weighted by Crippen LogP contribution is 2.37. The van der Waals surface area contributed by atoms with Gasteiger partial charge in [0.15, 0.2) is 0 Å². The lowest BCUT2D eigenvalue weighted by atomic mass is 9.82. The van der Waals surface area contributed by atoms with Gasteiger partial charge in [-0.1, -0.05) is 24.3 Å². The van der Waals surface area contributed by atoms with Crippen LogP contribution in [0.5, 0.6) is 11.5 Å². The molecule has 2 aromatic carbocycles. The first-order valence-corrected chi connectivity index (χ1v) is 10.9. The summed E-state index contributed by atoms with van der Waals surface area (Å²) in [5.41, 5.74) is 4.34. The molecule has 2 aliphatic carbocycles. The number of carbonyl (C=O) groups excluding carboxylic acids is 1. The summed E-state index contributed by atoms with van der Waals surface area (Å²) in [5.74, 6) is 2.75. The van der Waals surface area contributed by atoms with Crippen LogP contribution in [0.1, 0.15) is 48.3 Å². The molecule has 1 saturated carbocycles. The van der Waals surface area contributed by atoms with Crippen molar-refractivity contribution in [1.29, 1.82) is 0 Å². The molecule has 3 atom stereocenters. The maximum Gasteiger partial charge on any atom is 0.407 e. The van der Waals surface area contributed by atoms with Gasteiger partial charge in [-0.2, -0.15) is 0 Å². The number of rotatable bonds is 6. The number of carbonyl (C=O) groups is 1. The lowest BCUT2D eigenvalue weighted by Crippen LogP contribution is -2.32. The number of nitrogens with one attached hydrogen (secondary N) is 1. The van der Waals surface area contributed by atoms with Crippen molar-refractivity contribution in [3.05, 3.63) is 59.2 Å². The molecule has 2 aromatic rings. The Balaban J connectivity index is 1.32. The molecular weight excluding hydrogens is 378 g/mol. The van der Waals surface area contributed by atoms with Gasteiger partial charge in [-0.15, -0.1) is 0 Å². The predicted octanol–water partition coefficient (Wildman–Crippen LogP) is 4.87. The van der Waals surface area contributed by atoms with Gasteiger partial charge in [0, 0.05) is 12.1 Å². The van der Waals surface area contributed by atoms with E-state index in [2.05, 4.69) is 23.5 Å². The average Bonchev–Trinajstić information content (AvgIpc) is 3.25. The molecule has 4 rings (SSSR count). The topological polar surface area (TPSA) is 56.8 Å². The Morgan fingerprint density at radius 2 is 1.90 bits per heavy atom. The van der Waals surface area contributed by atoms with E-state index in [0.717, 1.165) is 56.6 Å². The number of aryl methyl sites for hydroxylation is 1. The fourth-order valence-corrected chi connectivity index (χ4v) is 4.79. The summed E-state index contributed by atoms with van der Waals surface area (Å²) in [6, 6.07) is 15.0. The van der Waals surface area contributed by atoms with Crippen molar-refractivity contribution in [3.8, 4) is 11.5 Å². The largest absolute Gasteiger partial charge is 0.497 e. The average molecular weight is 410 g/mol. The van der Waals surface area contributed by atoms with Gasteiger partial charge in [0.2, 0.25) is 0 Å². The van der Waals surface area contributed by atoms with Gasteiger partial charge < -0.3 is 19.5 Å². The first kappa shape index (κ1) is 20.6. The third kappa shape index (κ3) is 4.89. The van der Waals surface area contributed by atoms with Gasteiger partial charge in [0.1, 0.15) is 11.5 Å². The second kappa shape index (κ2) is 9.41. The zero-order valence-corrected chi connectivity index (χ0v) is 17.9. The fraction of sp³-hybridized carbons (Fsp3) is 0.480. The van der Waals surface area contributed by atoms with Gasteiger partial charge in [-0.05, 0) is 79.2 Å². The number of methoxy groups -OCH3 is 2. The van der Waals surface area contributed by atoms with Crippen LogP contribution in [0.2, 0.25) is 0 Å². The molecule has 5 nitrogen and oxygen atoms in total. The van der Waals surface area contributed by atoms with E-state index >= 15 is 0 Å². The summed E-state index contributed by atoms with van der Waals surface area (Å²) in [4.78, 5) is 11.5. The van der Waals surface area contributed by atoms with E-state index < -0.39 is 0 Å². The van der Waals surface area contributed by atoms with Crippen molar-refractivity contribution >= 4 is 6.09 Å². The van der Waals surface area contributed by atoms with Crippen molar-refractivity contribution in [2.45, 2.75) is 50.5 Å². The summed E-state index contributed by atoms with van der Waals surface area (Å²) < 4.78 is 16.0. The normalized spacial score (nSPS) is 22.8. The summed E-state index contributed by atoms with van der Waals surface area (Å²) in [6.45, 7) is 0.734. The Morgan fingerprint density at radius 3 is 2.73 bits per heavy atom. The van der Waals surface area contributed by atoms with Gasteiger partial charge in [0.05, 0.1) is 20.8 Å². The molecule has 0 aromatic heterocycles. The lowest BCUT2D eigenvalue weighted by Gasteiger charge is -2.26. The third-order valence-electron chi connectivity index (χ3n) is 6.50. The van der Waals surface area contributed by atoms with Crippen molar-refractivity contribution in [2.75, 3.05) is 20.8 Å². The Morgan fingerprint density at radius 1 is 1.03 bits per heavy atom. The zero-order chi connectivity index (χ0) is 20.9.